The minimum atomic E-state index is -0.295. The highest BCUT2D eigenvalue weighted by Gasteiger charge is 2.10. The standard InChI is InChI=1S/C20H19FN2O2S/c1-12-8-13(2)14(3)18(9-12)25-10-19(24)23-20-22-17(11-26-20)15-4-6-16(21)7-5-15/h4-9,11H,10H2,1-3H3,(H,22,23,24). The summed E-state index contributed by atoms with van der Waals surface area (Å²) < 4.78 is 18.7. The van der Waals surface area contributed by atoms with Crippen molar-refractivity contribution >= 4 is 22.4 Å². The van der Waals surface area contributed by atoms with Crippen LogP contribution in [0.15, 0.2) is 41.8 Å². The van der Waals surface area contributed by atoms with Gasteiger partial charge >= 0.3 is 0 Å². The molecule has 6 heteroatoms. The number of anilines is 1. The van der Waals surface area contributed by atoms with Gasteiger partial charge in [-0.2, -0.15) is 0 Å². The Balaban J connectivity index is 1.61. The first-order valence-electron chi connectivity index (χ1n) is 8.14. The molecule has 0 saturated heterocycles. The third kappa shape index (κ3) is 4.26. The Kier molecular flexibility index (Phi) is 5.32. The number of rotatable bonds is 5. The van der Waals surface area contributed by atoms with E-state index in [0.29, 0.717) is 16.6 Å². The lowest BCUT2D eigenvalue weighted by atomic mass is 10.1. The Hall–Kier alpha value is -2.73. The second-order valence-electron chi connectivity index (χ2n) is 6.09. The summed E-state index contributed by atoms with van der Waals surface area (Å²) in [7, 11) is 0. The van der Waals surface area contributed by atoms with Crippen molar-refractivity contribution < 1.29 is 13.9 Å². The lowest BCUT2D eigenvalue weighted by Gasteiger charge is -2.11. The summed E-state index contributed by atoms with van der Waals surface area (Å²) in [6.45, 7) is 5.89. The van der Waals surface area contributed by atoms with Gasteiger partial charge in [0.25, 0.3) is 5.91 Å². The molecule has 0 aliphatic carbocycles. The Bertz CT molecular complexity index is 935. The number of hydrogen-bond donors (Lipinski definition) is 1. The maximum atomic E-state index is 13.0. The third-order valence-electron chi connectivity index (χ3n) is 4.01. The molecule has 2 aromatic carbocycles. The van der Waals surface area contributed by atoms with Gasteiger partial charge in [-0.3, -0.25) is 10.1 Å². The molecular formula is C20H19FN2O2S. The first kappa shape index (κ1) is 18.1. The van der Waals surface area contributed by atoms with Crippen molar-refractivity contribution in [3.05, 3.63) is 64.3 Å². The van der Waals surface area contributed by atoms with E-state index in [1.165, 1.54) is 23.5 Å². The Morgan fingerprint density at radius 2 is 1.92 bits per heavy atom. The molecule has 26 heavy (non-hydrogen) atoms. The van der Waals surface area contributed by atoms with E-state index in [1.807, 2.05) is 32.2 Å². The maximum Gasteiger partial charge on any atom is 0.264 e. The van der Waals surface area contributed by atoms with E-state index in [1.54, 1.807) is 12.1 Å². The monoisotopic (exact) mass is 370 g/mol. The Morgan fingerprint density at radius 3 is 2.65 bits per heavy atom. The fourth-order valence-electron chi connectivity index (χ4n) is 2.53. The fourth-order valence-corrected chi connectivity index (χ4v) is 3.27. The molecule has 0 saturated carbocycles. The number of aromatic nitrogens is 1. The van der Waals surface area contributed by atoms with Crippen LogP contribution in [0.4, 0.5) is 9.52 Å². The molecule has 1 aromatic heterocycles. The van der Waals surface area contributed by atoms with Crippen molar-refractivity contribution in [2.45, 2.75) is 20.8 Å². The van der Waals surface area contributed by atoms with Gasteiger partial charge in [0.15, 0.2) is 11.7 Å². The molecule has 0 aliphatic heterocycles. The van der Waals surface area contributed by atoms with Gasteiger partial charge in [0.2, 0.25) is 0 Å². The van der Waals surface area contributed by atoms with Crippen molar-refractivity contribution in [1.29, 1.82) is 0 Å². The molecule has 0 aliphatic rings. The van der Waals surface area contributed by atoms with Gasteiger partial charge in [0, 0.05) is 10.9 Å². The molecular weight excluding hydrogens is 351 g/mol. The van der Waals surface area contributed by atoms with E-state index in [-0.39, 0.29) is 18.3 Å². The molecule has 134 valence electrons. The normalized spacial score (nSPS) is 10.6. The number of hydrogen-bond acceptors (Lipinski definition) is 4. The molecule has 4 nitrogen and oxygen atoms in total. The number of benzene rings is 2. The van der Waals surface area contributed by atoms with Gasteiger partial charge in [0.1, 0.15) is 11.6 Å². The molecule has 0 fully saturated rings. The zero-order chi connectivity index (χ0) is 18.7. The lowest BCUT2D eigenvalue weighted by Crippen LogP contribution is -2.20. The van der Waals surface area contributed by atoms with Crippen molar-refractivity contribution in [3.63, 3.8) is 0 Å². The van der Waals surface area contributed by atoms with E-state index in [9.17, 15) is 9.18 Å². The molecule has 0 bridgehead atoms. The van der Waals surface area contributed by atoms with Crippen molar-refractivity contribution in [2.75, 3.05) is 11.9 Å². The largest absolute Gasteiger partial charge is 0.483 e. The molecule has 3 aromatic rings. The van der Waals surface area contributed by atoms with Gasteiger partial charge < -0.3 is 4.74 Å². The summed E-state index contributed by atoms with van der Waals surface area (Å²) >= 11 is 1.31. The molecule has 0 atom stereocenters. The smallest absolute Gasteiger partial charge is 0.264 e. The zero-order valence-electron chi connectivity index (χ0n) is 14.8. The quantitative estimate of drug-likeness (QED) is 0.695. The fraction of sp³-hybridized carbons (Fsp3) is 0.200. The van der Waals surface area contributed by atoms with Crippen LogP contribution in [0.5, 0.6) is 5.75 Å². The van der Waals surface area contributed by atoms with E-state index in [0.717, 1.165) is 22.3 Å². The Morgan fingerprint density at radius 1 is 1.19 bits per heavy atom. The number of ether oxygens (including phenoxy) is 1. The number of amides is 1. The van der Waals surface area contributed by atoms with Crippen LogP contribution in [-0.4, -0.2) is 17.5 Å². The maximum absolute atomic E-state index is 13.0. The number of aryl methyl sites for hydroxylation is 2. The highest BCUT2D eigenvalue weighted by molar-refractivity contribution is 7.14. The summed E-state index contributed by atoms with van der Waals surface area (Å²) in [4.78, 5) is 16.5. The van der Waals surface area contributed by atoms with E-state index < -0.39 is 0 Å². The number of nitrogens with zero attached hydrogens (tertiary/aromatic N) is 1. The Labute approximate surface area is 155 Å². The summed E-state index contributed by atoms with van der Waals surface area (Å²) in [5.41, 5.74) is 4.73. The topological polar surface area (TPSA) is 51.2 Å². The number of carbonyl (C=O) groups is 1. The van der Waals surface area contributed by atoms with E-state index in [2.05, 4.69) is 16.4 Å². The minimum absolute atomic E-state index is 0.0881. The van der Waals surface area contributed by atoms with Crippen LogP contribution in [0.25, 0.3) is 11.3 Å². The van der Waals surface area contributed by atoms with Gasteiger partial charge in [0.05, 0.1) is 5.69 Å². The van der Waals surface area contributed by atoms with Crippen molar-refractivity contribution in [1.82, 2.24) is 4.98 Å². The van der Waals surface area contributed by atoms with E-state index in [4.69, 9.17) is 4.74 Å². The minimum Gasteiger partial charge on any atom is -0.483 e. The highest BCUT2D eigenvalue weighted by atomic mass is 32.1. The highest BCUT2D eigenvalue weighted by Crippen LogP contribution is 2.26. The first-order chi connectivity index (χ1) is 12.4. The van der Waals surface area contributed by atoms with Gasteiger partial charge in [-0.25, -0.2) is 9.37 Å². The average molecular weight is 370 g/mol. The number of nitrogens with one attached hydrogen (secondary N) is 1. The number of halogens is 1. The van der Waals surface area contributed by atoms with Crippen LogP contribution in [0.3, 0.4) is 0 Å². The molecule has 0 unspecified atom stereocenters. The summed E-state index contributed by atoms with van der Waals surface area (Å²) in [6.07, 6.45) is 0. The predicted octanol–water partition coefficient (Wildman–Crippen LogP) is 4.89. The van der Waals surface area contributed by atoms with Gasteiger partial charge in [-0.15, -0.1) is 11.3 Å². The first-order valence-corrected chi connectivity index (χ1v) is 9.02. The predicted molar refractivity (Wildman–Crippen MR) is 102 cm³/mol. The summed E-state index contributed by atoms with van der Waals surface area (Å²) in [6, 6.07) is 10.1. The van der Waals surface area contributed by atoms with Crippen LogP contribution < -0.4 is 10.1 Å². The molecule has 0 radical (unpaired) electrons. The van der Waals surface area contributed by atoms with Crippen molar-refractivity contribution in [2.24, 2.45) is 0 Å². The summed E-state index contributed by atoms with van der Waals surface area (Å²) in [5.74, 6) is 0.142. The number of thiazole rings is 1. The van der Waals surface area contributed by atoms with Gasteiger partial charge in [-0.1, -0.05) is 6.07 Å². The lowest BCUT2D eigenvalue weighted by molar-refractivity contribution is -0.118. The van der Waals surface area contributed by atoms with Crippen LogP contribution in [0.1, 0.15) is 16.7 Å². The van der Waals surface area contributed by atoms with Crippen LogP contribution >= 0.6 is 11.3 Å². The van der Waals surface area contributed by atoms with Crippen LogP contribution in [0, 0.1) is 26.6 Å². The van der Waals surface area contributed by atoms with Crippen LogP contribution in [-0.2, 0) is 4.79 Å². The molecule has 1 heterocycles. The number of carbonyl (C=O) groups excluding carboxylic acids is 1. The molecule has 0 spiro atoms. The molecule has 1 amide bonds. The SMILES string of the molecule is Cc1cc(C)c(C)c(OCC(=O)Nc2nc(-c3ccc(F)cc3)cs2)c1. The summed E-state index contributed by atoms with van der Waals surface area (Å²) in [5, 5.41) is 5.03. The van der Waals surface area contributed by atoms with Gasteiger partial charge in [-0.05, 0) is 67.8 Å². The second-order valence-corrected chi connectivity index (χ2v) is 6.94. The average Bonchev–Trinajstić information content (AvgIpc) is 3.06. The second kappa shape index (κ2) is 7.66. The van der Waals surface area contributed by atoms with Crippen molar-refractivity contribution in [3.8, 4) is 17.0 Å². The molecule has 3 rings (SSSR count). The van der Waals surface area contributed by atoms with Crippen LogP contribution in [0.2, 0.25) is 0 Å². The third-order valence-corrected chi connectivity index (χ3v) is 4.77. The molecule has 1 N–H and O–H groups in total. The zero-order valence-corrected chi connectivity index (χ0v) is 15.6. The van der Waals surface area contributed by atoms with E-state index >= 15 is 0 Å².